The van der Waals surface area contributed by atoms with Gasteiger partial charge >= 0.3 is 30.0 Å². The number of halogens is 9. The van der Waals surface area contributed by atoms with E-state index in [0.717, 1.165) is 57.4 Å². The third-order valence-electron chi connectivity index (χ3n) is 9.36. The van der Waals surface area contributed by atoms with Gasteiger partial charge in [0, 0.05) is 41.3 Å². The highest BCUT2D eigenvalue weighted by Gasteiger charge is 2.43. The Balaban J connectivity index is 0.000000181. The Bertz CT molecular complexity index is 2320. The molecule has 23 heteroatoms. The van der Waals surface area contributed by atoms with Crippen LogP contribution in [0.15, 0.2) is 24.3 Å². The Morgan fingerprint density at radius 1 is 0.627 bits per heavy atom. The summed E-state index contributed by atoms with van der Waals surface area (Å²) in [7, 11) is 1.53. The van der Waals surface area contributed by atoms with E-state index in [1.165, 1.54) is 29.9 Å². The van der Waals surface area contributed by atoms with Crippen molar-refractivity contribution in [3.63, 3.8) is 0 Å². The van der Waals surface area contributed by atoms with Crippen molar-refractivity contribution in [2.75, 3.05) is 10.6 Å². The fourth-order valence-electron chi connectivity index (χ4n) is 5.96. The van der Waals surface area contributed by atoms with Crippen LogP contribution in [0, 0.1) is 29.1 Å². The average Bonchev–Trinajstić information content (AvgIpc) is 3.97. The van der Waals surface area contributed by atoms with E-state index in [1.807, 2.05) is 4.90 Å². The Labute approximate surface area is 350 Å². The van der Waals surface area contributed by atoms with Gasteiger partial charge in [-0.25, -0.2) is 32.3 Å². The number of rotatable bonds is 10. The van der Waals surface area contributed by atoms with Crippen molar-refractivity contribution in [2.45, 2.75) is 75.5 Å². The number of carbonyl (C=O) groups is 4. The van der Waals surface area contributed by atoms with Gasteiger partial charge in [-0.2, -0.15) is 13.5 Å². The fourth-order valence-corrected chi connectivity index (χ4v) is 6.86. The minimum atomic E-state index is -2.40. The van der Waals surface area contributed by atoms with Crippen molar-refractivity contribution in [1.82, 2.24) is 30.0 Å². The second-order valence-corrected chi connectivity index (χ2v) is 15.6. The van der Waals surface area contributed by atoms with Gasteiger partial charge in [-0.1, -0.05) is 51.5 Å². The number of esters is 2. The lowest BCUT2D eigenvalue weighted by Gasteiger charge is -2.23. The van der Waals surface area contributed by atoms with Crippen LogP contribution < -0.4 is 20.1 Å². The minimum absolute atomic E-state index is 0.00635. The SMILES string of the molecule is Cn1nnnc1OC(=O)c1cc(Cl)cc(NC(=O)N(C2CC2)C2CC2)c1Cl.O=C(Oc1c(F)c(F)c(F)c(F)c1F)c1cc(Cl)cc(NC(=O)N(C2CC2)C2CC2)c1Cl. The fraction of sp³-hybridized carbons (Fsp3) is 0.361. The number of aryl methyl sites for hydroxylation is 1. The number of amides is 4. The molecular weight excluding hydrogens is 877 g/mol. The molecule has 0 radical (unpaired) electrons. The van der Waals surface area contributed by atoms with Crippen molar-refractivity contribution < 1.29 is 50.6 Å². The molecular formula is C36H29Cl4F5N8O6. The smallest absolute Gasteiger partial charge is 0.347 e. The first-order valence-corrected chi connectivity index (χ1v) is 19.4. The lowest BCUT2D eigenvalue weighted by Crippen LogP contribution is -2.38. The van der Waals surface area contributed by atoms with E-state index in [1.54, 1.807) is 4.90 Å². The highest BCUT2D eigenvalue weighted by Crippen LogP contribution is 2.41. The van der Waals surface area contributed by atoms with E-state index in [4.69, 9.17) is 51.1 Å². The van der Waals surface area contributed by atoms with Crippen molar-refractivity contribution in [3.05, 3.63) is 84.6 Å². The van der Waals surface area contributed by atoms with Crippen molar-refractivity contribution in [3.8, 4) is 11.8 Å². The molecule has 1 aromatic heterocycles. The largest absolute Gasteiger partial charge is 0.416 e. The summed E-state index contributed by atoms with van der Waals surface area (Å²) in [5, 5.41) is 15.7. The molecule has 0 spiro atoms. The zero-order valence-corrected chi connectivity index (χ0v) is 33.3. The molecule has 4 fully saturated rings. The highest BCUT2D eigenvalue weighted by atomic mass is 35.5. The van der Waals surface area contributed by atoms with Crippen molar-refractivity contribution >= 4 is 81.8 Å². The standard InChI is InChI=1S/C20H13Cl2F5N2O3.C16H16Cl2N6O3/c21-7-5-10(19(30)32-18-16(26)14(24)13(23)15(25)17(18)27)12(22)11(6-7)28-20(31)29(8-1-2-8)9-3-4-9;1-23-16(20-21-22-23)27-14(25)11-6-8(17)7-12(13(11)18)19-15(26)24(9-2-3-9)10-4-5-10/h5-6,8-9H,1-4H2,(H,28,31);6-7,9-10H,2-5H2,1H3,(H,19,26). The Hall–Kier alpha value is -4.98. The summed E-state index contributed by atoms with van der Waals surface area (Å²) in [4.78, 5) is 53.8. The lowest BCUT2D eigenvalue weighted by molar-refractivity contribution is 0.0704. The summed E-state index contributed by atoms with van der Waals surface area (Å²) in [6.45, 7) is 0. The molecule has 312 valence electrons. The maximum atomic E-state index is 13.8. The predicted octanol–water partition coefficient (Wildman–Crippen LogP) is 8.96. The number of ether oxygens (including phenoxy) is 2. The summed E-state index contributed by atoms with van der Waals surface area (Å²) in [6, 6.07) is 5.08. The van der Waals surface area contributed by atoms with Crippen LogP contribution in [0.1, 0.15) is 72.1 Å². The molecule has 8 rings (SSSR count). The zero-order chi connectivity index (χ0) is 42.4. The van der Waals surface area contributed by atoms with Crippen LogP contribution in [-0.4, -0.2) is 78.2 Å². The van der Waals surface area contributed by atoms with E-state index >= 15 is 0 Å². The van der Waals surface area contributed by atoms with Gasteiger partial charge in [-0.3, -0.25) is 0 Å². The number of aromatic nitrogens is 4. The summed E-state index contributed by atoms with van der Waals surface area (Å²) in [6.07, 6.45) is 7.51. The van der Waals surface area contributed by atoms with Crippen LogP contribution in [-0.2, 0) is 7.05 Å². The molecule has 4 aliphatic carbocycles. The highest BCUT2D eigenvalue weighted by molar-refractivity contribution is 6.39. The molecule has 2 N–H and O–H groups in total. The summed E-state index contributed by atoms with van der Waals surface area (Å²) in [5.41, 5.74) is -0.377. The van der Waals surface area contributed by atoms with E-state index < -0.39 is 58.4 Å². The molecule has 4 amide bonds. The number of benzene rings is 3. The average molecular weight is 906 g/mol. The maximum Gasteiger partial charge on any atom is 0.347 e. The quantitative estimate of drug-likeness (QED) is 0.0521. The molecule has 0 bridgehead atoms. The van der Waals surface area contributed by atoms with Crippen molar-refractivity contribution in [1.29, 1.82) is 0 Å². The molecule has 4 aliphatic rings. The molecule has 0 unspecified atom stereocenters. The van der Waals surface area contributed by atoms with E-state index in [0.29, 0.717) is 0 Å². The van der Waals surface area contributed by atoms with E-state index in [2.05, 4.69) is 30.9 Å². The van der Waals surface area contributed by atoms with Crippen LogP contribution in [0.5, 0.6) is 11.8 Å². The predicted molar refractivity (Wildman–Crippen MR) is 202 cm³/mol. The number of anilines is 2. The second-order valence-electron chi connectivity index (χ2n) is 14.0. The second kappa shape index (κ2) is 16.9. The molecule has 14 nitrogen and oxygen atoms in total. The summed E-state index contributed by atoms with van der Waals surface area (Å²) in [5.74, 6) is -15.7. The molecule has 1 heterocycles. The summed E-state index contributed by atoms with van der Waals surface area (Å²) < 4.78 is 78.4. The van der Waals surface area contributed by atoms with Gasteiger partial charge in [0.15, 0.2) is 0 Å². The first-order valence-electron chi connectivity index (χ1n) is 17.9. The third-order valence-corrected chi connectivity index (χ3v) is 10.6. The van der Waals surface area contributed by atoms with Crippen LogP contribution in [0.4, 0.5) is 42.9 Å². The van der Waals surface area contributed by atoms with Crippen LogP contribution in [0.25, 0.3) is 0 Å². The first kappa shape index (κ1) is 42.2. The number of nitrogens with zero attached hydrogens (tertiary/aromatic N) is 6. The number of hydrogen-bond donors (Lipinski definition) is 2. The zero-order valence-electron chi connectivity index (χ0n) is 30.3. The minimum Gasteiger partial charge on any atom is -0.416 e. The molecule has 3 aromatic carbocycles. The Kier molecular flexibility index (Phi) is 12.1. The van der Waals surface area contributed by atoms with Gasteiger partial charge in [0.2, 0.25) is 34.8 Å². The van der Waals surface area contributed by atoms with Crippen LogP contribution >= 0.6 is 46.4 Å². The topological polar surface area (TPSA) is 161 Å². The molecule has 59 heavy (non-hydrogen) atoms. The molecule has 4 saturated carbocycles. The van der Waals surface area contributed by atoms with Crippen LogP contribution in [0.3, 0.4) is 0 Å². The number of nitrogens with one attached hydrogen (secondary N) is 2. The van der Waals surface area contributed by atoms with E-state index in [9.17, 15) is 41.1 Å². The van der Waals surface area contributed by atoms with Crippen molar-refractivity contribution in [2.24, 2.45) is 7.05 Å². The van der Waals surface area contributed by atoms with E-state index in [-0.39, 0.29) is 73.2 Å². The van der Waals surface area contributed by atoms with Gasteiger partial charge < -0.3 is 29.9 Å². The van der Waals surface area contributed by atoms with Gasteiger partial charge in [0.1, 0.15) is 0 Å². The normalized spacial score (nSPS) is 15.8. The molecule has 0 saturated heterocycles. The lowest BCUT2D eigenvalue weighted by atomic mass is 10.2. The maximum absolute atomic E-state index is 13.8. The van der Waals surface area contributed by atoms with Gasteiger partial charge in [-0.05, 0) is 86.1 Å². The monoisotopic (exact) mass is 904 g/mol. The summed E-state index contributed by atoms with van der Waals surface area (Å²) >= 11 is 24.6. The molecule has 0 atom stereocenters. The van der Waals surface area contributed by atoms with Gasteiger partial charge in [-0.15, -0.1) is 0 Å². The van der Waals surface area contributed by atoms with Gasteiger partial charge in [0.25, 0.3) is 0 Å². The number of urea groups is 2. The number of tetrazole rings is 1. The number of hydrogen-bond acceptors (Lipinski definition) is 9. The number of carbonyl (C=O) groups excluding carboxylic acids is 4. The Morgan fingerprint density at radius 3 is 1.36 bits per heavy atom. The molecule has 4 aromatic rings. The van der Waals surface area contributed by atoms with Gasteiger partial charge in [0.05, 0.1) is 32.5 Å². The molecule has 0 aliphatic heterocycles. The first-order chi connectivity index (χ1) is 28.0. The van der Waals surface area contributed by atoms with Crippen LogP contribution in [0.2, 0.25) is 20.1 Å². The Morgan fingerprint density at radius 2 is 1.00 bits per heavy atom. The third kappa shape index (κ3) is 9.42.